The standard InChI is InChI=1S/C23H25N3O4S/c1-2-30-16-10-8-15(9-11-16)26-21(28)20-17-6-5-7-18(17)31-22(20)25(23(26)29)14-19(27)24-12-3-4-13-24/h8-11H,2-7,12-14H2,1H3. The molecule has 0 N–H and O–H groups in total. The van der Waals surface area contributed by atoms with Crippen molar-refractivity contribution in [1.82, 2.24) is 14.0 Å². The van der Waals surface area contributed by atoms with Crippen molar-refractivity contribution in [3.05, 3.63) is 55.5 Å². The van der Waals surface area contributed by atoms with Crippen LogP contribution in [0.3, 0.4) is 0 Å². The maximum atomic E-state index is 13.5. The summed E-state index contributed by atoms with van der Waals surface area (Å²) in [6, 6.07) is 6.96. The third-order valence-electron chi connectivity index (χ3n) is 6.15. The molecule has 0 unspecified atom stereocenters. The molecule has 1 amide bonds. The second-order valence-electron chi connectivity index (χ2n) is 8.06. The van der Waals surface area contributed by atoms with Gasteiger partial charge in [0.1, 0.15) is 17.1 Å². The lowest BCUT2D eigenvalue weighted by atomic mass is 10.2. The average Bonchev–Trinajstić information content (AvgIpc) is 3.50. The number of fused-ring (bicyclic) bond motifs is 3. The first-order valence-electron chi connectivity index (χ1n) is 10.9. The number of amides is 1. The number of likely N-dealkylation sites (tertiary alicyclic amines) is 1. The molecule has 0 atom stereocenters. The van der Waals surface area contributed by atoms with Gasteiger partial charge in [0, 0.05) is 18.0 Å². The zero-order chi connectivity index (χ0) is 21.5. The fourth-order valence-electron chi connectivity index (χ4n) is 4.63. The van der Waals surface area contributed by atoms with E-state index < -0.39 is 5.69 Å². The Morgan fingerprint density at radius 1 is 1.06 bits per heavy atom. The van der Waals surface area contributed by atoms with Crippen molar-refractivity contribution >= 4 is 27.5 Å². The fraction of sp³-hybridized carbons (Fsp3) is 0.435. The molecule has 7 nitrogen and oxygen atoms in total. The number of aromatic nitrogens is 2. The van der Waals surface area contributed by atoms with Gasteiger partial charge in [-0.1, -0.05) is 0 Å². The summed E-state index contributed by atoms with van der Waals surface area (Å²) in [6.07, 6.45) is 4.77. The van der Waals surface area contributed by atoms with Crippen molar-refractivity contribution in [3.8, 4) is 11.4 Å². The van der Waals surface area contributed by atoms with Gasteiger partial charge < -0.3 is 9.64 Å². The Hall–Kier alpha value is -2.87. The number of nitrogens with zero attached hydrogens (tertiary/aromatic N) is 3. The van der Waals surface area contributed by atoms with Crippen LogP contribution in [-0.2, 0) is 24.2 Å². The number of carbonyl (C=O) groups excluding carboxylic acids is 1. The Labute approximate surface area is 183 Å². The van der Waals surface area contributed by atoms with Gasteiger partial charge in [-0.25, -0.2) is 9.36 Å². The van der Waals surface area contributed by atoms with Crippen LogP contribution in [0, 0.1) is 0 Å². The molecule has 0 saturated carbocycles. The van der Waals surface area contributed by atoms with Gasteiger partial charge in [-0.3, -0.25) is 14.2 Å². The minimum Gasteiger partial charge on any atom is -0.494 e. The Balaban J connectivity index is 1.69. The number of thiophene rings is 1. The average molecular weight is 440 g/mol. The third-order valence-corrected chi connectivity index (χ3v) is 7.46. The largest absolute Gasteiger partial charge is 0.494 e. The van der Waals surface area contributed by atoms with Crippen molar-refractivity contribution in [2.24, 2.45) is 0 Å². The smallest absolute Gasteiger partial charge is 0.337 e. The van der Waals surface area contributed by atoms with Gasteiger partial charge in [0.2, 0.25) is 5.91 Å². The molecule has 31 heavy (non-hydrogen) atoms. The molecule has 3 aromatic rings. The summed E-state index contributed by atoms with van der Waals surface area (Å²) in [6.45, 7) is 3.87. The van der Waals surface area contributed by atoms with E-state index in [1.807, 2.05) is 11.8 Å². The molecule has 0 bridgehead atoms. The van der Waals surface area contributed by atoms with Crippen molar-refractivity contribution in [2.75, 3.05) is 19.7 Å². The molecular formula is C23H25N3O4S. The summed E-state index contributed by atoms with van der Waals surface area (Å²) in [5.41, 5.74) is 0.773. The molecule has 0 radical (unpaired) electrons. The Morgan fingerprint density at radius 2 is 1.81 bits per heavy atom. The number of aryl methyl sites for hydroxylation is 2. The number of carbonyl (C=O) groups is 1. The zero-order valence-corrected chi connectivity index (χ0v) is 18.4. The highest BCUT2D eigenvalue weighted by atomic mass is 32.1. The highest BCUT2D eigenvalue weighted by Crippen LogP contribution is 2.35. The monoisotopic (exact) mass is 439 g/mol. The predicted octanol–water partition coefficient (Wildman–Crippen LogP) is 2.72. The normalized spacial score (nSPS) is 15.6. The van der Waals surface area contributed by atoms with E-state index in [-0.39, 0.29) is 18.0 Å². The van der Waals surface area contributed by atoms with E-state index in [2.05, 4.69) is 0 Å². The molecule has 162 valence electrons. The summed E-state index contributed by atoms with van der Waals surface area (Å²) < 4.78 is 8.21. The quantitative estimate of drug-likeness (QED) is 0.613. The minimum absolute atomic E-state index is 0.0357. The molecule has 2 aliphatic rings. The molecule has 1 fully saturated rings. The van der Waals surface area contributed by atoms with Crippen LogP contribution in [0.5, 0.6) is 5.75 Å². The maximum absolute atomic E-state index is 13.5. The highest BCUT2D eigenvalue weighted by molar-refractivity contribution is 7.19. The van der Waals surface area contributed by atoms with Crippen LogP contribution in [0.25, 0.3) is 15.9 Å². The Bertz CT molecular complexity index is 1260. The van der Waals surface area contributed by atoms with E-state index in [0.717, 1.165) is 50.8 Å². The van der Waals surface area contributed by atoms with Gasteiger partial charge >= 0.3 is 5.69 Å². The first-order valence-corrected chi connectivity index (χ1v) is 11.7. The molecule has 8 heteroatoms. The Morgan fingerprint density at radius 3 is 2.52 bits per heavy atom. The summed E-state index contributed by atoms with van der Waals surface area (Å²) in [5.74, 6) is 0.618. The second kappa shape index (κ2) is 8.00. The van der Waals surface area contributed by atoms with Crippen LogP contribution in [0.4, 0.5) is 0 Å². The van der Waals surface area contributed by atoms with Crippen molar-refractivity contribution in [1.29, 1.82) is 0 Å². The fourth-order valence-corrected chi connectivity index (χ4v) is 6.01. The van der Waals surface area contributed by atoms with Gasteiger partial charge in [-0.2, -0.15) is 0 Å². The number of ether oxygens (including phenoxy) is 1. The van der Waals surface area contributed by atoms with Gasteiger partial charge in [-0.05, 0) is 68.9 Å². The molecule has 1 aliphatic carbocycles. The number of hydrogen-bond donors (Lipinski definition) is 0. The molecule has 3 heterocycles. The van der Waals surface area contributed by atoms with Crippen molar-refractivity contribution in [3.63, 3.8) is 0 Å². The van der Waals surface area contributed by atoms with Gasteiger partial charge in [0.05, 0.1) is 17.7 Å². The molecule has 0 spiro atoms. The van der Waals surface area contributed by atoms with Crippen LogP contribution in [-0.4, -0.2) is 39.6 Å². The lowest BCUT2D eigenvalue weighted by Crippen LogP contribution is -2.42. The Kier molecular flexibility index (Phi) is 5.17. The van der Waals surface area contributed by atoms with E-state index in [0.29, 0.717) is 28.3 Å². The maximum Gasteiger partial charge on any atom is 0.337 e. The van der Waals surface area contributed by atoms with Gasteiger partial charge in [0.25, 0.3) is 5.56 Å². The van der Waals surface area contributed by atoms with Crippen LogP contribution in [0.15, 0.2) is 33.9 Å². The predicted molar refractivity (Wildman–Crippen MR) is 121 cm³/mol. The first kappa shape index (κ1) is 20.1. The topological polar surface area (TPSA) is 73.5 Å². The van der Waals surface area contributed by atoms with E-state index >= 15 is 0 Å². The molecule has 1 aromatic carbocycles. The number of rotatable bonds is 5. The van der Waals surface area contributed by atoms with Crippen LogP contribution in [0.2, 0.25) is 0 Å². The summed E-state index contributed by atoms with van der Waals surface area (Å²) in [7, 11) is 0. The van der Waals surface area contributed by atoms with Crippen LogP contribution < -0.4 is 16.0 Å². The van der Waals surface area contributed by atoms with Crippen LogP contribution in [0.1, 0.15) is 36.6 Å². The number of hydrogen-bond acceptors (Lipinski definition) is 5. The zero-order valence-electron chi connectivity index (χ0n) is 17.6. The lowest BCUT2D eigenvalue weighted by Gasteiger charge is -2.17. The number of benzene rings is 1. The van der Waals surface area contributed by atoms with Crippen LogP contribution >= 0.6 is 11.3 Å². The molecule has 5 rings (SSSR count). The van der Waals surface area contributed by atoms with E-state index in [4.69, 9.17) is 4.74 Å². The minimum atomic E-state index is -0.464. The highest BCUT2D eigenvalue weighted by Gasteiger charge is 2.27. The first-order chi connectivity index (χ1) is 15.1. The lowest BCUT2D eigenvalue weighted by molar-refractivity contribution is -0.130. The molecule has 1 aliphatic heterocycles. The summed E-state index contributed by atoms with van der Waals surface area (Å²) >= 11 is 1.50. The van der Waals surface area contributed by atoms with E-state index in [1.54, 1.807) is 24.3 Å². The van der Waals surface area contributed by atoms with E-state index in [1.165, 1.54) is 25.3 Å². The SMILES string of the molecule is CCOc1ccc(-n2c(=O)c3c4c(sc3n(CC(=O)N3CCCC3)c2=O)CCC4)cc1. The molecule has 1 saturated heterocycles. The summed E-state index contributed by atoms with van der Waals surface area (Å²) in [4.78, 5) is 43.5. The third kappa shape index (κ3) is 3.39. The van der Waals surface area contributed by atoms with Gasteiger partial charge in [0.15, 0.2) is 0 Å². The second-order valence-corrected chi connectivity index (χ2v) is 9.15. The summed E-state index contributed by atoms with van der Waals surface area (Å²) in [5, 5.41) is 0.597. The van der Waals surface area contributed by atoms with Gasteiger partial charge in [-0.15, -0.1) is 11.3 Å². The van der Waals surface area contributed by atoms with Crippen molar-refractivity contribution < 1.29 is 9.53 Å². The van der Waals surface area contributed by atoms with Crippen molar-refractivity contribution in [2.45, 2.75) is 45.6 Å². The van der Waals surface area contributed by atoms with E-state index in [9.17, 15) is 14.4 Å². The molecule has 2 aromatic heterocycles. The molecular weight excluding hydrogens is 414 g/mol.